The molecular weight excluding hydrogens is 453 g/mol. The number of hydrogen-bond acceptors (Lipinski definition) is 5. The Morgan fingerprint density at radius 1 is 1.06 bits per heavy atom. The van der Waals surface area contributed by atoms with Crippen LogP contribution in [0.2, 0.25) is 0 Å². The number of esters is 1. The lowest BCUT2D eigenvalue weighted by molar-refractivity contribution is 0.0600. The second-order valence-electron chi connectivity index (χ2n) is 7.74. The molecule has 4 aromatic rings. The molecule has 1 aliphatic rings. The van der Waals surface area contributed by atoms with Gasteiger partial charge in [-0.2, -0.15) is 0 Å². The molecule has 2 aromatic heterocycles. The van der Waals surface area contributed by atoms with Crippen LogP contribution in [0, 0.1) is 5.82 Å². The van der Waals surface area contributed by atoms with Crippen molar-refractivity contribution >= 4 is 29.0 Å². The van der Waals surface area contributed by atoms with E-state index in [0.717, 1.165) is 16.9 Å². The number of nitrogens with one attached hydrogen (secondary N) is 1. The average Bonchev–Trinajstić information content (AvgIpc) is 3.49. The summed E-state index contributed by atoms with van der Waals surface area (Å²) >= 11 is 5.67. The van der Waals surface area contributed by atoms with Crippen LogP contribution in [0.1, 0.15) is 33.9 Å². The Morgan fingerprint density at radius 3 is 2.50 bits per heavy atom. The van der Waals surface area contributed by atoms with E-state index in [0.29, 0.717) is 22.2 Å². The van der Waals surface area contributed by atoms with Gasteiger partial charge in [0, 0.05) is 17.4 Å². The smallest absolute Gasteiger partial charge is 0.337 e. The van der Waals surface area contributed by atoms with E-state index in [-0.39, 0.29) is 17.9 Å². The monoisotopic (exact) mass is 473 g/mol. The van der Waals surface area contributed by atoms with Crippen LogP contribution in [0.5, 0.6) is 0 Å². The summed E-state index contributed by atoms with van der Waals surface area (Å²) in [4.78, 5) is 18.2. The lowest BCUT2D eigenvalue weighted by atomic mass is 10.0. The van der Waals surface area contributed by atoms with Gasteiger partial charge in [0.2, 0.25) is 0 Å². The van der Waals surface area contributed by atoms with Gasteiger partial charge in [-0.1, -0.05) is 18.2 Å². The third kappa shape index (κ3) is 4.04. The Balaban J connectivity index is 1.54. The molecule has 0 aliphatic carbocycles. The Morgan fingerprint density at radius 2 is 1.82 bits per heavy atom. The lowest BCUT2D eigenvalue weighted by Gasteiger charge is -2.26. The van der Waals surface area contributed by atoms with Gasteiger partial charge < -0.3 is 19.4 Å². The molecule has 0 bridgehead atoms. The molecule has 1 fully saturated rings. The number of benzene rings is 2. The number of nitrogens with zero attached hydrogens (tertiary/aromatic N) is 2. The minimum Gasteiger partial charge on any atom is -0.465 e. The summed E-state index contributed by atoms with van der Waals surface area (Å²) < 4.78 is 24.7. The van der Waals surface area contributed by atoms with Crippen LogP contribution in [0.4, 0.5) is 10.1 Å². The number of carbonyl (C=O) groups is 1. The SMILES string of the molecule is COC(=O)c1ccc(-c2ccc(C3C(c4ccccn4)NC(=S)N3c3ccc(F)cc3)o2)cc1. The van der Waals surface area contributed by atoms with Gasteiger partial charge in [0.25, 0.3) is 0 Å². The second kappa shape index (κ2) is 9.07. The van der Waals surface area contributed by atoms with Crippen molar-refractivity contribution in [3.8, 4) is 11.3 Å². The van der Waals surface area contributed by atoms with E-state index in [1.807, 2.05) is 35.2 Å². The number of rotatable bonds is 5. The molecule has 0 amide bonds. The minimum atomic E-state index is -0.398. The van der Waals surface area contributed by atoms with E-state index in [4.69, 9.17) is 21.4 Å². The molecule has 3 heterocycles. The number of carbonyl (C=O) groups excluding carboxylic acids is 1. The van der Waals surface area contributed by atoms with E-state index in [1.54, 1.807) is 42.6 Å². The number of ether oxygens (including phenoxy) is 1. The zero-order chi connectivity index (χ0) is 23.7. The van der Waals surface area contributed by atoms with Crippen molar-refractivity contribution < 1.29 is 18.3 Å². The average molecular weight is 474 g/mol. The van der Waals surface area contributed by atoms with Crippen LogP contribution in [-0.4, -0.2) is 23.2 Å². The van der Waals surface area contributed by atoms with Gasteiger partial charge in [0.15, 0.2) is 5.11 Å². The van der Waals surface area contributed by atoms with E-state index in [9.17, 15) is 9.18 Å². The number of anilines is 1. The van der Waals surface area contributed by atoms with Crippen molar-refractivity contribution in [2.75, 3.05) is 12.0 Å². The van der Waals surface area contributed by atoms with Crippen LogP contribution in [0.15, 0.2) is 89.5 Å². The molecule has 2 atom stereocenters. The van der Waals surface area contributed by atoms with Crippen LogP contribution in [0.3, 0.4) is 0 Å². The zero-order valence-corrected chi connectivity index (χ0v) is 19.0. The molecule has 5 rings (SSSR count). The first-order chi connectivity index (χ1) is 16.5. The maximum atomic E-state index is 13.6. The van der Waals surface area contributed by atoms with Crippen LogP contribution >= 0.6 is 12.2 Å². The predicted molar refractivity (Wildman–Crippen MR) is 130 cm³/mol. The van der Waals surface area contributed by atoms with Crippen molar-refractivity contribution in [1.29, 1.82) is 0 Å². The molecule has 8 heteroatoms. The molecule has 1 N–H and O–H groups in total. The zero-order valence-electron chi connectivity index (χ0n) is 18.1. The standard InChI is InChI=1S/C26H20FN3O3S/c1-32-25(31)17-7-5-16(6-8-17)21-13-14-22(33-21)24-23(20-4-2-3-15-28-20)29-26(34)30(24)19-11-9-18(27)10-12-19/h2-15,23-24H,1H3,(H,29,34). The fourth-order valence-corrected chi connectivity index (χ4v) is 4.42. The Hall–Kier alpha value is -4.04. The van der Waals surface area contributed by atoms with Crippen molar-refractivity contribution in [3.63, 3.8) is 0 Å². The number of furan rings is 1. The summed E-state index contributed by atoms with van der Waals surface area (Å²) in [6.45, 7) is 0. The summed E-state index contributed by atoms with van der Waals surface area (Å²) in [5, 5.41) is 3.84. The Bertz CT molecular complexity index is 1320. The van der Waals surface area contributed by atoms with E-state index in [1.165, 1.54) is 19.2 Å². The lowest BCUT2D eigenvalue weighted by Crippen LogP contribution is -2.29. The first-order valence-corrected chi connectivity index (χ1v) is 11.0. The third-order valence-electron chi connectivity index (χ3n) is 5.71. The summed E-state index contributed by atoms with van der Waals surface area (Å²) in [6, 6.07) is 22.0. The molecule has 0 radical (unpaired) electrons. The van der Waals surface area contributed by atoms with Crippen molar-refractivity contribution in [3.05, 3.63) is 108 Å². The van der Waals surface area contributed by atoms with Crippen molar-refractivity contribution in [2.24, 2.45) is 0 Å². The maximum absolute atomic E-state index is 13.6. The van der Waals surface area contributed by atoms with Gasteiger partial charge in [-0.05, 0) is 72.9 Å². The summed E-state index contributed by atoms with van der Waals surface area (Å²) in [5.41, 5.74) is 2.82. The minimum absolute atomic E-state index is 0.278. The summed E-state index contributed by atoms with van der Waals surface area (Å²) in [5.74, 6) is 0.586. The van der Waals surface area contributed by atoms with Crippen LogP contribution < -0.4 is 10.2 Å². The number of methoxy groups -OCH3 is 1. The van der Waals surface area contributed by atoms with E-state index in [2.05, 4.69) is 10.3 Å². The highest BCUT2D eigenvalue weighted by Gasteiger charge is 2.42. The van der Waals surface area contributed by atoms with Crippen LogP contribution in [0.25, 0.3) is 11.3 Å². The number of thiocarbonyl (C=S) groups is 1. The van der Waals surface area contributed by atoms with Crippen molar-refractivity contribution in [2.45, 2.75) is 12.1 Å². The maximum Gasteiger partial charge on any atom is 0.337 e. The number of pyridine rings is 1. The first-order valence-electron chi connectivity index (χ1n) is 10.6. The summed E-state index contributed by atoms with van der Waals surface area (Å²) in [6.07, 6.45) is 1.73. The molecule has 0 saturated carbocycles. The largest absolute Gasteiger partial charge is 0.465 e. The number of halogens is 1. The van der Waals surface area contributed by atoms with Gasteiger partial charge in [0.1, 0.15) is 23.4 Å². The van der Waals surface area contributed by atoms with E-state index >= 15 is 0 Å². The molecule has 1 aliphatic heterocycles. The van der Waals surface area contributed by atoms with Crippen LogP contribution in [-0.2, 0) is 4.74 Å². The molecule has 6 nitrogen and oxygen atoms in total. The molecule has 2 aromatic carbocycles. The molecule has 2 unspecified atom stereocenters. The Labute approximate surface area is 201 Å². The van der Waals surface area contributed by atoms with Gasteiger partial charge in [-0.3, -0.25) is 4.98 Å². The highest BCUT2D eigenvalue weighted by atomic mass is 32.1. The fraction of sp³-hybridized carbons (Fsp3) is 0.115. The van der Waals surface area contributed by atoms with Crippen molar-refractivity contribution in [1.82, 2.24) is 10.3 Å². The number of aromatic nitrogens is 1. The van der Waals surface area contributed by atoms with Gasteiger partial charge in [0.05, 0.1) is 24.4 Å². The first kappa shape index (κ1) is 21.8. The highest BCUT2D eigenvalue weighted by molar-refractivity contribution is 7.80. The predicted octanol–water partition coefficient (Wildman–Crippen LogP) is 5.44. The molecule has 0 spiro atoms. The third-order valence-corrected chi connectivity index (χ3v) is 6.03. The quantitative estimate of drug-likeness (QED) is 0.306. The fourth-order valence-electron chi connectivity index (χ4n) is 4.08. The van der Waals surface area contributed by atoms with E-state index < -0.39 is 5.97 Å². The highest BCUT2D eigenvalue weighted by Crippen LogP contribution is 2.42. The molecule has 1 saturated heterocycles. The van der Waals surface area contributed by atoms with Gasteiger partial charge >= 0.3 is 5.97 Å². The normalized spacial score (nSPS) is 17.5. The molecule has 170 valence electrons. The molecular formula is C26H20FN3O3S. The van der Waals surface area contributed by atoms with Gasteiger partial charge in [-0.15, -0.1) is 0 Å². The summed E-state index contributed by atoms with van der Waals surface area (Å²) in [7, 11) is 1.35. The Kier molecular flexibility index (Phi) is 5.81. The van der Waals surface area contributed by atoms with Gasteiger partial charge in [-0.25, -0.2) is 9.18 Å². The number of hydrogen-bond donors (Lipinski definition) is 1. The molecule has 34 heavy (non-hydrogen) atoms. The second-order valence-corrected chi connectivity index (χ2v) is 8.13. The topological polar surface area (TPSA) is 67.6 Å².